The van der Waals surface area contributed by atoms with Crippen LogP contribution in [0.5, 0.6) is 0 Å². The summed E-state index contributed by atoms with van der Waals surface area (Å²) >= 11 is 0. The van der Waals surface area contributed by atoms with Crippen molar-refractivity contribution < 1.29 is 0 Å². The van der Waals surface area contributed by atoms with E-state index in [-0.39, 0.29) is 0 Å². The maximum atomic E-state index is 2.73. The zero-order valence-corrected chi connectivity index (χ0v) is 11.9. The van der Waals surface area contributed by atoms with Crippen LogP contribution in [0.15, 0.2) is 0 Å². The summed E-state index contributed by atoms with van der Waals surface area (Å²) in [5.74, 6) is 0.915. The fourth-order valence-corrected chi connectivity index (χ4v) is 3.34. The van der Waals surface area contributed by atoms with Gasteiger partial charge in [-0.3, -0.25) is 9.80 Å². The van der Waals surface area contributed by atoms with E-state index in [0.717, 1.165) is 12.0 Å². The third-order valence-electron chi connectivity index (χ3n) is 4.36. The lowest BCUT2D eigenvalue weighted by molar-refractivity contribution is 0.0945. The second-order valence-corrected chi connectivity index (χ2v) is 7.56. The van der Waals surface area contributed by atoms with E-state index in [1.54, 1.807) is 0 Å². The zero-order chi connectivity index (χ0) is 12.1. The molecule has 2 heterocycles. The van der Waals surface area contributed by atoms with Gasteiger partial charge < -0.3 is 0 Å². The van der Waals surface area contributed by atoms with Gasteiger partial charge in [0.05, 0.1) is 0 Å². The average molecular weight is 224 g/mol. The van der Waals surface area contributed by atoms with Gasteiger partial charge in [-0.1, -0.05) is 0 Å². The standard InChI is InChI=1S/C14H28N2/c1-13(2,3)15-9-11-7-8-16(12(11)10-15)14(4,5)6/h11-12H,7-10H2,1-6H3. The Morgan fingerprint density at radius 3 is 2.00 bits per heavy atom. The molecule has 2 aliphatic heterocycles. The highest BCUT2D eigenvalue weighted by Gasteiger charge is 2.46. The van der Waals surface area contributed by atoms with E-state index in [1.165, 1.54) is 26.1 Å². The van der Waals surface area contributed by atoms with Crippen molar-refractivity contribution in [2.24, 2.45) is 5.92 Å². The minimum absolute atomic E-state index is 0.341. The Kier molecular flexibility index (Phi) is 2.87. The van der Waals surface area contributed by atoms with Gasteiger partial charge in [0.15, 0.2) is 0 Å². The van der Waals surface area contributed by atoms with Crippen LogP contribution >= 0.6 is 0 Å². The number of fused-ring (bicyclic) bond motifs is 1. The molecule has 2 fully saturated rings. The fraction of sp³-hybridized carbons (Fsp3) is 1.00. The van der Waals surface area contributed by atoms with Crippen LogP contribution in [0.25, 0.3) is 0 Å². The topological polar surface area (TPSA) is 6.48 Å². The first-order valence-electron chi connectivity index (χ1n) is 6.71. The number of hydrogen-bond donors (Lipinski definition) is 0. The molecule has 0 amide bonds. The Balaban J connectivity index is 2.08. The largest absolute Gasteiger partial charge is 0.297 e. The number of likely N-dealkylation sites (tertiary alicyclic amines) is 2. The minimum atomic E-state index is 0.341. The van der Waals surface area contributed by atoms with Crippen LogP contribution in [0.3, 0.4) is 0 Å². The third-order valence-corrected chi connectivity index (χ3v) is 4.36. The van der Waals surface area contributed by atoms with Gasteiger partial charge in [0.2, 0.25) is 0 Å². The Morgan fingerprint density at radius 1 is 0.875 bits per heavy atom. The van der Waals surface area contributed by atoms with Crippen LogP contribution in [-0.2, 0) is 0 Å². The highest BCUT2D eigenvalue weighted by molar-refractivity contribution is 5.02. The van der Waals surface area contributed by atoms with Crippen molar-refractivity contribution in [3.05, 3.63) is 0 Å². The zero-order valence-electron chi connectivity index (χ0n) is 11.9. The number of hydrogen-bond acceptors (Lipinski definition) is 2. The Hall–Kier alpha value is -0.0800. The second-order valence-electron chi connectivity index (χ2n) is 7.56. The molecular formula is C14H28N2. The Morgan fingerprint density at radius 2 is 1.50 bits per heavy atom. The lowest BCUT2D eigenvalue weighted by Crippen LogP contribution is -2.48. The first kappa shape index (κ1) is 12.4. The van der Waals surface area contributed by atoms with Crippen molar-refractivity contribution in [1.82, 2.24) is 9.80 Å². The molecule has 2 atom stereocenters. The monoisotopic (exact) mass is 224 g/mol. The van der Waals surface area contributed by atoms with Gasteiger partial charge in [-0.2, -0.15) is 0 Å². The molecule has 2 unspecified atom stereocenters. The lowest BCUT2D eigenvalue weighted by atomic mass is 10.0. The van der Waals surface area contributed by atoms with E-state index in [9.17, 15) is 0 Å². The van der Waals surface area contributed by atoms with Crippen LogP contribution < -0.4 is 0 Å². The average Bonchev–Trinajstić information content (AvgIpc) is 2.53. The molecule has 2 saturated heterocycles. The van der Waals surface area contributed by atoms with Gasteiger partial charge in [0, 0.05) is 30.2 Å². The van der Waals surface area contributed by atoms with E-state index >= 15 is 0 Å². The molecule has 0 aromatic rings. The van der Waals surface area contributed by atoms with E-state index in [2.05, 4.69) is 51.3 Å². The van der Waals surface area contributed by atoms with E-state index in [1.807, 2.05) is 0 Å². The molecule has 94 valence electrons. The second kappa shape index (κ2) is 3.71. The molecule has 0 aliphatic carbocycles. The summed E-state index contributed by atoms with van der Waals surface area (Å²) in [5, 5.41) is 0. The van der Waals surface area contributed by atoms with Crippen LogP contribution in [0.1, 0.15) is 48.0 Å². The smallest absolute Gasteiger partial charge is 0.0269 e. The van der Waals surface area contributed by atoms with Crippen molar-refractivity contribution in [2.75, 3.05) is 19.6 Å². The Bertz CT molecular complexity index is 259. The van der Waals surface area contributed by atoms with E-state index in [4.69, 9.17) is 0 Å². The molecule has 0 spiro atoms. The SMILES string of the molecule is CC(C)(C)N1CC2CCN(C(C)(C)C)C2C1. The third kappa shape index (κ3) is 2.14. The molecule has 0 aromatic carbocycles. The van der Waals surface area contributed by atoms with E-state index < -0.39 is 0 Å². The predicted octanol–water partition coefficient (Wildman–Crippen LogP) is 2.59. The van der Waals surface area contributed by atoms with Crippen molar-refractivity contribution in [1.29, 1.82) is 0 Å². The first-order valence-corrected chi connectivity index (χ1v) is 6.71. The number of nitrogens with zero attached hydrogens (tertiary/aromatic N) is 2. The van der Waals surface area contributed by atoms with Crippen LogP contribution in [0.4, 0.5) is 0 Å². The molecule has 0 saturated carbocycles. The molecule has 2 rings (SSSR count). The summed E-state index contributed by atoms with van der Waals surface area (Å²) in [4.78, 5) is 5.39. The maximum absolute atomic E-state index is 2.73. The van der Waals surface area contributed by atoms with Gasteiger partial charge in [0.1, 0.15) is 0 Å². The van der Waals surface area contributed by atoms with Gasteiger partial charge >= 0.3 is 0 Å². The molecule has 2 nitrogen and oxygen atoms in total. The summed E-state index contributed by atoms with van der Waals surface area (Å²) in [6.45, 7) is 18.0. The lowest BCUT2D eigenvalue weighted by Gasteiger charge is -2.38. The van der Waals surface area contributed by atoms with E-state index in [0.29, 0.717) is 11.1 Å². The summed E-state index contributed by atoms with van der Waals surface area (Å²) in [7, 11) is 0. The fourth-order valence-electron chi connectivity index (χ4n) is 3.34. The summed E-state index contributed by atoms with van der Waals surface area (Å²) in [6, 6.07) is 0.805. The van der Waals surface area contributed by atoms with Crippen molar-refractivity contribution in [2.45, 2.75) is 65.1 Å². The highest BCUT2D eigenvalue weighted by atomic mass is 15.3. The molecule has 2 aliphatic rings. The van der Waals surface area contributed by atoms with Crippen molar-refractivity contribution in [3.8, 4) is 0 Å². The van der Waals surface area contributed by atoms with Gasteiger partial charge in [-0.05, 0) is 60.4 Å². The molecular weight excluding hydrogens is 196 g/mol. The van der Waals surface area contributed by atoms with Crippen LogP contribution in [0.2, 0.25) is 0 Å². The summed E-state index contributed by atoms with van der Waals surface area (Å²) in [5.41, 5.74) is 0.682. The minimum Gasteiger partial charge on any atom is -0.297 e. The molecule has 16 heavy (non-hydrogen) atoms. The summed E-state index contributed by atoms with van der Waals surface area (Å²) < 4.78 is 0. The predicted molar refractivity (Wildman–Crippen MR) is 69.7 cm³/mol. The first-order chi connectivity index (χ1) is 7.19. The molecule has 0 radical (unpaired) electrons. The van der Waals surface area contributed by atoms with Crippen LogP contribution in [0, 0.1) is 5.92 Å². The van der Waals surface area contributed by atoms with Crippen molar-refractivity contribution in [3.63, 3.8) is 0 Å². The molecule has 0 aromatic heterocycles. The quantitative estimate of drug-likeness (QED) is 0.624. The Labute approximate surface area is 101 Å². The highest BCUT2D eigenvalue weighted by Crippen LogP contribution is 2.38. The van der Waals surface area contributed by atoms with Gasteiger partial charge in [-0.15, -0.1) is 0 Å². The molecule has 0 N–H and O–H groups in total. The van der Waals surface area contributed by atoms with Crippen LogP contribution in [-0.4, -0.2) is 46.6 Å². The number of rotatable bonds is 0. The van der Waals surface area contributed by atoms with Gasteiger partial charge in [0.25, 0.3) is 0 Å². The summed E-state index contributed by atoms with van der Waals surface area (Å²) in [6.07, 6.45) is 1.40. The normalized spacial score (nSPS) is 33.4. The van der Waals surface area contributed by atoms with Gasteiger partial charge in [-0.25, -0.2) is 0 Å². The van der Waals surface area contributed by atoms with Crippen molar-refractivity contribution >= 4 is 0 Å². The molecule has 2 heteroatoms. The maximum Gasteiger partial charge on any atom is 0.0269 e. The molecule has 0 bridgehead atoms.